The largest absolute Gasteiger partial charge is 0.482 e. The minimum absolute atomic E-state index is 0.132. The molecule has 0 aromatic heterocycles. The molecule has 0 atom stereocenters. The van der Waals surface area contributed by atoms with Crippen LogP contribution in [0.25, 0.3) is 0 Å². The Kier molecular flexibility index (Phi) is 3.88. The fraction of sp³-hybridized carbons (Fsp3) is 0.308. The Morgan fingerprint density at radius 1 is 1.40 bits per heavy atom. The molecule has 7 nitrogen and oxygen atoms in total. The van der Waals surface area contributed by atoms with E-state index >= 15 is 0 Å². The standard InChI is InChI=1S/C13H14N2O5/c1-14(7-13(18)19)11(16)6-15-9-4-2-3-5-10(9)20-8-12(15)17/h2-5H,6-8H2,1H3,(H,18,19). The van der Waals surface area contributed by atoms with E-state index in [0.717, 1.165) is 4.90 Å². The molecule has 1 aliphatic heterocycles. The number of carboxylic acids is 1. The van der Waals surface area contributed by atoms with E-state index in [0.29, 0.717) is 11.4 Å². The molecule has 1 aromatic rings. The van der Waals surface area contributed by atoms with Gasteiger partial charge in [0.05, 0.1) is 5.69 Å². The molecule has 1 aromatic carbocycles. The lowest BCUT2D eigenvalue weighted by atomic mass is 10.2. The first-order valence-corrected chi connectivity index (χ1v) is 5.97. The number of carbonyl (C=O) groups excluding carboxylic acids is 2. The van der Waals surface area contributed by atoms with E-state index in [4.69, 9.17) is 9.84 Å². The molecular weight excluding hydrogens is 264 g/mol. The first-order chi connectivity index (χ1) is 9.49. The van der Waals surface area contributed by atoms with Gasteiger partial charge in [-0.2, -0.15) is 0 Å². The van der Waals surface area contributed by atoms with Crippen molar-refractivity contribution in [2.75, 3.05) is 31.6 Å². The molecule has 1 heterocycles. The van der Waals surface area contributed by atoms with Crippen molar-refractivity contribution in [2.45, 2.75) is 0 Å². The Hall–Kier alpha value is -2.57. The van der Waals surface area contributed by atoms with E-state index in [1.165, 1.54) is 11.9 Å². The molecule has 106 valence electrons. The predicted molar refractivity (Wildman–Crippen MR) is 69.6 cm³/mol. The highest BCUT2D eigenvalue weighted by Crippen LogP contribution is 2.31. The van der Waals surface area contributed by atoms with Crippen LogP contribution in [0.5, 0.6) is 5.75 Å². The number of anilines is 1. The first kappa shape index (κ1) is 13.9. The molecule has 0 saturated heterocycles. The van der Waals surface area contributed by atoms with Crippen molar-refractivity contribution >= 4 is 23.5 Å². The van der Waals surface area contributed by atoms with E-state index in [1.807, 2.05) is 0 Å². The van der Waals surface area contributed by atoms with Crippen LogP contribution in [0.4, 0.5) is 5.69 Å². The van der Waals surface area contributed by atoms with Gasteiger partial charge in [0.25, 0.3) is 5.91 Å². The molecule has 0 aliphatic carbocycles. The quantitative estimate of drug-likeness (QED) is 0.834. The van der Waals surface area contributed by atoms with Gasteiger partial charge < -0.3 is 14.7 Å². The number of carbonyl (C=O) groups is 3. The average Bonchev–Trinajstić information content (AvgIpc) is 2.41. The molecule has 0 radical (unpaired) electrons. The number of likely N-dealkylation sites (N-methyl/N-ethyl adjacent to an activating group) is 1. The Labute approximate surface area is 115 Å². The number of aliphatic carboxylic acids is 1. The van der Waals surface area contributed by atoms with Gasteiger partial charge in [-0.25, -0.2) is 0 Å². The zero-order valence-corrected chi connectivity index (χ0v) is 10.9. The van der Waals surface area contributed by atoms with Crippen LogP contribution in [-0.2, 0) is 14.4 Å². The van der Waals surface area contributed by atoms with Gasteiger partial charge >= 0.3 is 5.97 Å². The number of fused-ring (bicyclic) bond motifs is 1. The highest BCUT2D eigenvalue weighted by Gasteiger charge is 2.28. The number of nitrogens with zero attached hydrogens (tertiary/aromatic N) is 2. The number of amides is 2. The minimum atomic E-state index is -1.10. The highest BCUT2D eigenvalue weighted by molar-refractivity contribution is 6.02. The number of carboxylic acid groups (broad SMARTS) is 1. The van der Waals surface area contributed by atoms with Crippen LogP contribution in [0, 0.1) is 0 Å². The van der Waals surface area contributed by atoms with E-state index in [-0.39, 0.29) is 19.1 Å². The smallest absolute Gasteiger partial charge is 0.323 e. The molecule has 0 fully saturated rings. The molecule has 1 aliphatic rings. The second kappa shape index (κ2) is 5.60. The first-order valence-electron chi connectivity index (χ1n) is 5.97. The van der Waals surface area contributed by atoms with Crippen molar-refractivity contribution in [1.82, 2.24) is 4.90 Å². The van der Waals surface area contributed by atoms with Gasteiger partial charge in [-0.1, -0.05) is 12.1 Å². The summed E-state index contributed by atoms with van der Waals surface area (Å²) in [5.41, 5.74) is 0.515. The Morgan fingerprint density at radius 3 is 2.80 bits per heavy atom. The van der Waals surface area contributed by atoms with Crippen LogP contribution < -0.4 is 9.64 Å². The maximum atomic E-state index is 11.9. The van der Waals surface area contributed by atoms with Crippen LogP contribution in [0.3, 0.4) is 0 Å². The van der Waals surface area contributed by atoms with Gasteiger partial charge in [-0.15, -0.1) is 0 Å². The zero-order chi connectivity index (χ0) is 14.7. The number of hydrogen-bond donors (Lipinski definition) is 1. The van der Waals surface area contributed by atoms with E-state index in [1.54, 1.807) is 24.3 Å². The molecule has 1 N–H and O–H groups in total. The van der Waals surface area contributed by atoms with E-state index < -0.39 is 18.4 Å². The maximum absolute atomic E-state index is 11.9. The summed E-state index contributed by atoms with van der Waals surface area (Å²) >= 11 is 0. The third-order valence-corrected chi connectivity index (χ3v) is 2.90. The second-order valence-electron chi connectivity index (χ2n) is 4.38. The van der Waals surface area contributed by atoms with Gasteiger partial charge in [-0.3, -0.25) is 19.3 Å². The highest BCUT2D eigenvalue weighted by atomic mass is 16.5. The molecule has 20 heavy (non-hydrogen) atoms. The SMILES string of the molecule is CN(CC(=O)O)C(=O)CN1C(=O)COc2ccccc21. The zero-order valence-electron chi connectivity index (χ0n) is 10.9. The predicted octanol–water partition coefficient (Wildman–Crippen LogP) is -0.0450. The van der Waals surface area contributed by atoms with Crippen LogP contribution in [0.1, 0.15) is 0 Å². The molecular formula is C13H14N2O5. The Balaban J connectivity index is 2.14. The number of para-hydroxylation sites is 2. The molecule has 0 bridgehead atoms. The summed E-state index contributed by atoms with van der Waals surface area (Å²) in [7, 11) is 1.38. The summed E-state index contributed by atoms with van der Waals surface area (Å²) < 4.78 is 5.26. The fourth-order valence-corrected chi connectivity index (χ4v) is 1.87. The van der Waals surface area contributed by atoms with Gasteiger partial charge in [0.15, 0.2) is 6.61 Å². The molecule has 2 rings (SSSR count). The molecule has 0 spiro atoms. The maximum Gasteiger partial charge on any atom is 0.323 e. The summed E-state index contributed by atoms with van der Waals surface area (Å²) in [5.74, 6) is -1.35. The number of benzene rings is 1. The number of ether oxygens (including phenoxy) is 1. The fourth-order valence-electron chi connectivity index (χ4n) is 1.87. The van der Waals surface area contributed by atoms with Crippen molar-refractivity contribution in [3.63, 3.8) is 0 Å². The average molecular weight is 278 g/mol. The number of hydrogen-bond acceptors (Lipinski definition) is 4. The lowest BCUT2D eigenvalue weighted by molar-refractivity contribution is -0.143. The van der Waals surface area contributed by atoms with Crippen molar-refractivity contribution < 1.29 is 24.2 Å². The van der Waals surface area contributed by atoms with Gasteiger partial charge in [0, 0.05) is 7.05 Å². The summed E-state index contributed by atoms with van der Waals surface area (Å²) in [4.78, 5) is 36.7. The third-order valence-electron chi connectivity index (χ3n) is 2.90. The Bertz CT molecular complexity index is 557. The van der Waals surface area contributed by atoms with Crippen LogP contribution in [-0.4, -0.2) is 54.5 Å². The second-order valence-corrected chi connectivity index (χ2v) is 4.38. The van der Waals surface area contributed by atoms with Gasteiger partial charge in [0.2, 0.25) is 5.91 Å². The minimum Gasteiger partial charge on any atom is -0.482 e. The summed E-state index contributed by atoms with van der Waals surface area (Å²) in [6.07, 6.45) is 0. The lowest BCUT2D eigenvalue weighted by Crippen LogP contribution is -2.46. The molecule has 2 amide bonds. The van der Waals surface area contributed by atoms with E-state index in [2.05, 4.69) is 0 Å². The van der Waals surface area contributed by atoms with Crippen molar-refractivity contribution in [2.24, 2.45) is 0 Å². The van der Waals surface area contributed by atoms with Crippen molar-refractivity contribution in [3.8, 4) is 5.75 Å². The topological polar surface area (TPSA) is 87.2 Å². The normalized spacial score (nSPS) is 13.4. The summed E-state index contributed by atoms with van der Waals surface area (Å²) in [6.45, 7) is -0.741. The van der Waals surface area contributed by atoms with Crippen LogP contribution >= 0.6 is 0 Å². The molecule has 0 saturated carbocycles. The third kappa shape index (κ3) is 2.87. The lowest BCUT2D eigenvalue weighted by Gasteiger charge is -2.29. The van der Waals surface area contributed by atoms with Crippen LogP contribution in [0.15, 0.2) is 24.3 Å². The van der Waals surface area contributed by atoms with Crippen molar-refractivity contribution in [3.05, 3.63) is 24.3 Å². The molecule has 7 heteroatoms. The molecule has 0 unspecified atom stereocenters. The number of rotatable bonds is 4. The van der Waals surface area contributed by atoms with Gasteiger partial charge in [-0.05, 0) is 12.1 Å². The summed E-state index contributed by atoms with van der Waals surface area (Å²) in [5, 5.41) is 8.65. The van der Waals surface area contributed by atoms with Crippen molar-refractivity contribution in [1.29, 1.82) is 0 Å². The monoisotopic (exact) mass is 278 g/mol. The van der Waals surface area contributed by atoms with Crippen LogP contribution in [0.2, 0.25) is 0 Å². The Morgan fingerprint density at radius 2 is 2.10 bits per heavy atom. The summed E-state index contributed by atoms with van der Waals surface area (Å²) in [6, 6.07) is 6.89. The van der Waals surface area contributed by atoms with Gasteiger partial charge in [0.1, 0.15) is 18.8 Å². The van der Waals surface area contributed by atoms with E-state index in [9.17, 15) is 14.4 Å².